The van der Waals surface area contributed by atoms with Crippen LogP contribution >= 0.6 is 11.6 Å². The molecule has 6 aliphatic rings. The number of nitrogens with zero attached hydrogens (tertiary/aromatic N) is 13. The zero-order valence-electron chi connectivity index (χ0n) is 70.5. The summed E-state index contributed by atoms with van der Waals surface area (Å²) in [6.07, 6.45) is -3.29. The van der Waals surface area contributed by atoms with Crippen LogP contribution in [0, 0.1) is 0 Å². The van der Waals surface area contributed by atoms with Crippen LogP contribution in [0.3, 0.4) is 0 Å². The number of anilines is 4. The van der Waals surface area contributed by atoms with Gasteiger partial charge >= 0.3 is 23.6 Å². The van der Waals surface area contributed by atoms with Crippen LogP contribution in [0.15, 0.2) is 106 Å². The topological polar surface area (TPSA) is 696 Å². The molecule has 2 saturated heterocycles. The van der Waals surface area contributed by atoms with Crippen molar-refractivity contribution in [3.05, 3.63) is 195 Å². The van der Waals surface area contributed by atoms with Crippen molar-refractivity contribution >= 4 is 109 Å². The van der Waals surface area contributed by atoms with Gasteiger partial charge in [0, 0.05) is 114 Å². The fraction of sp³-hybridized carbons (Fsp3) is 0.357. The number of methoxy groups -OCH3 is 1. The molecule has 11 aromatic rings. The largest absolute Gasteiger partial charge is 0.508 e. The molecule has 4 aliphatic heterocycles. The predicted molar refractivity (Wildman–Crippen MR) is 458 cm³/mol. The van der Waals surface area contributed by atoms with Crippen LogP contribution in [0.25, 0.3) is 44.6 Å². The Bertz CT molecular complexity index is 6570. The lowest BCUT2D eigenvalue weighted by Gasteiger charge is -2.42. The Morgan fingerprint density at radius 3 is 2.20 bits per heavy atom. The number of halogens is 2. The van der Waals surface area contributed by atoms with Crippen LogP contribution in [0.2, 0.25) is 5.28 Å². The number of Topliss-reactive ketones (excluding diaryl/α,β-unsaturated/α-hetero) is 1. The lowest BCUT2D eigenvalue weighted by molar-refractivity contribution is -0.247. The van der Waals surface area contributed by atoms with Gasteiger partial charge in [0.25, 0.3) is 17.0 Å². The number of benzene rings is 4. The fourth-order valence-electron chi connectivity index (χ4n) is 15.9. The number of rotatable bonds is 19. The Kier molecular flexibility index (Phi) is 27.7. The highest BCUT2D eigenvalue weighted by molar-refractivity contribution is 6.31. The Morgan fingerprint density at radius 1 is 0.832 bits per heavy atom. The Morgan fingerprint density at radius 2 is 1.55 bits per heavy atom. The number of carbonyl (C=O) groups excluding carboxylic acids is 5. The highest BCUT2D eigenvalue weighted by Crippen LogP contribution is 2.53. The minimum absolute atomic E-state index is 0.0138. The molecular formula is C84H89ClFN19O26. The first-order valence-electron chi connectivity index (χ1n) is 40.2. The highest BCUT2D eigenvalue weighted by Gasteiger charge is 2.51. The third-order valence-electron chi connectivity index (χ3n) is 22.7. The van der Waals surface area contributed by atoms with Gasteiger partial charge in [-0.3, -0.25) is 43.1 Å². The second-order valence-corrected chi connectivity index (χ2v) is 31.9. The van der Waals surface area contributed by atoms with E-state index in [1.54, 1.807) is 64.5 Å². The van der Waals surface area contributed by atoms with Gasteiger partial charge in [-0.25, -0.2) is 34.3 Å². The molecule has 17 rings (SSSR count). The Hall–Kier alpha value is -14.0. The van der Waals surface area contributed by atoms with Crippen molar-refractivity contribution in [2.24, 2.45) is 5.73 Å². The van der Waals surface area contributed by atoms with Gasteiger partial charge in [-0.15, -0.1) is 4.79 Å². The summed E-state index contributed by atoms with van der Waals surface area (Å²) in [5, 5.41) is 115. The number of nitrogens with one attached hydrogen (secondary N) is 2. The van der Waals surface area contributed by atoms with Crippen molar-refractivity contribution in [1.82, 2.24) is 69.0 Å². The van der Waals surface area contributed by atoms with Gasteiger partial charge in [0.1, 0.15) is 65.7 Å². The summed E-state index contributed by atoms with van der Waals surface area (Å²) in [6, 6.07) is 16.8. The number of ether oxygens (including phenoxy) is 5. The molecular weight excluding hydrogens is 1750 g/mol. The molecule has 21 N–H and O–H groups in total. The number of carboxylic acids is 2. The van der Waals surface area contributed by atoms with Crippen molar-refractivity contribution in [1.29, 1.82) is 0 Å². The number of ketones is 3. The van der Waals surface area contributed by atoms with Gasteiger partial charge in [0.2, 0.25) is 17.0 Å². The molecule has 11 atom stereocenters. The van der Waals surface area contributed by atoms with E-state index in [4.69, 9.17) is 73.4 Å². The molecule has 4 aromatic carbocycles. The standard InChI is InChI=1S/C27H29NO11.C23H23N3O5.C20H22N8O5.C10H12ClN5O3.C4H3FN2O2/c1-10-22(31)13(28)6-17(38-10)39-15-8-27(36,16(30)9-29)7-12-19(15)26(35)21-20(24(12)33)23(32)11-4-3-5-14(37-2)18(11)25(21)34;1-4-23(30)16-8-18-20-12(9-26(18)21(28)15(16)11-31-22(23)29)7-13-14(10-25(2)3)19(27)6-5-17(13)24-20;1-28(9-11-8-23-17-15(24-11)16(21)26-20(22)27-17)12-4-2-10(3-5-12)18(31)25-13(19(32)33)6-7-14(29)30;11-10-14-8(12)7-9(15-10)16(3-13-7)6-1-4(18)5(2-17)19-6;5-7-2-1-3(8)6-4(7)9/h3-5,10,13,15,17,22,29,31,33,35-36H,6-9,28H2,1-2H3;5-8,27,30H,4,9-11H2,1-3H3;2-5,8,13H,6-7,9H2,1H3,(H,25,31)(H,29,30)(H,32,33)(H4,21,22,23,26,27);3-6,17-18H,1-2H2,(H2,12,14,15);1-2H,(H,6,8,9)/t10-,13-,15-,17-,22-,27-;23-;13-;4-,5+,6+;/m0000./s1. The zero-order valence-corrected chi connectivity index (χ0v) is 71.2. The van der Waals surface area contributed by atoms with E-state index in [1.165, 1.54) is 43.8 Å². The Balaban J connectivity index is 0.000000147. The number of carboxylic acid groups (broad SMARTS) is 2. The van der Waals surface area contributed by atoms with Crippen LogP contribution in [-0.4, -0.2) is 251 Å². The first-order chi connectivity index (χ1) is 62.1. The molecule has 0 radical (unpaired) electrons. The minimum atomic E-state index is -2.24. The van der Waals surface area contributed by atoms with Crippen LogP contribution in [0.4, 0.5) is 27.8 Å². The lowest BCUT2D eigenvalue weighted by atomic mass is 9.72. The van der Waals surface area contributed by atoms with Gasteiger partial charge in [-0.1, -0.05) is 23.5 Å². The molecule has 1 amide bonds. The zero-order chi connectivity index (χ0) is 95.0. The van der Waals surface area contributed by atoms with Crippen LogP contribution < -0.4 is 54.7 Å². The maximum atomic E-state index is 13.6. The number of aromatic nitrogens is 12. The minimum Gasteiger partial charge on any atom is -0.508 e. The lowest BCUT2D eigenvalue weighted by Crippen LogP contribution is -2.53. The van der Waals surface area contributed by atoms with Gasteiger partial charge in [-0.2, -0.15) is 19.9 Å². The number of phenolic OH excluding ortho intramolecular Hbond substituents is 3. The van der Waals surface area contributed by atoms with Gasteiger partial charge < -0.3 is 122 Å². The van der Waals surface area contributed by atoms with E-state index in [2.05, 4.69) is 40.2 Å². The second kappa shape index (κ2) is 38.3. The third kappa shape index (κ3) is 19.1. The average molecular weight is 1840 g/mol. The maximum absolute atomic E-state index is 13.6. The molecule has 131 heavy (non-hydrogen) atoms. The summed E-state index contributed by atoms with van der Waals surface area (Å²) < 4.78 is 42.8. The predicted octanol–water partition coefficient (Wildman–Crippen LogP) is 1.09. The first kappa shape index (κ1) is 94.6. The molecule has 0 saturated carbocycles. The molecule has 2 fully saturated rings. The second-order valence-electron chi connectivity index (χ2n) is 31.6. The summed E-state index contributed by atoms with van der Waals surface area (Å²) in [7, 11) is 6.99. The summed E-state index contributed by atoms with van der Waals surface area (Å²) in [4.78, 5) is 159. The van der Waals surface area contributed by atoms with Crippen LogP contribution in [0.1, 0.15) is 146 Å². The van der Waals surface area contributed by atoms with Crippen LogP contribution in [-0.2, 0) is 76.4 Å². The summed E-state index contributed by atoms with van der Waals surface area (Å²) >= 11 is 5.77. The number of hydrogen-bond acceptors (Lipinski definition) is 38. The van der Waals surface area contributed by atoms with Crippen molar-refractivity contribution < 1.29 is 118 Å². The quantitative estimate of drug-likeness (QED) is 0.0306. The van der Waals surface area contributed by atoms with Crippen molar-refractivity contribution in [3.8, 4) is 34.4 Å². The number of aromatic hydroxyl groups is 3. The monoisotopic (exact) mass is 1830 g/mol. The van der Waals surface area contributed by atoms with E-state index >= 15 is 0 Å². The number of hydrogen-bond donors (Lipinski definition) is 17. The average Bonchev–Trinajstić information content (AvgIpc) is 1.38. The van der Waals surface area contributed by atoms with Gasteiger partial charge in [-0.05, 0) is 100 Å². The molecule has 0 spiro atoms. The van der Waals surface area contributed by atoms with E-state index in [9.17, 15) is 98.4 Å². The van der Waals surface area contributed by atoms with Crippen LogP contribution in [0.5, 0.6) is 23.0 Å². The van der Waals surface area contributed by atoms with E-state index in [0.717, 1.165) is 34.5 Å². The molecule has 7 aromatic heterocycles. The van der Waals surface area contributed by atoms with Crippen molar-refractivity contribution in [2.75, 3.05) is 63.6 Å². The number of aliphatic carboxylic acids is 2. The van der Waals surface area contributed by atoms with E-state index in [0.29, 0.717) is 82.1 Å². The number of carbonyl (C=O) groups is 7. The van der Waals surface area contributed by atoms with Gasteiger partial charge in [0.05, 0.1) is 109 Å². The van der Waals surface area contributed by atoms with E-state index < -0.39 is 161 Å². The number of phenols is 3. The number of aliphatic hydroxyl groups is 6. The molecule has 45 nitrogen and oxygen atoms in total. The van der Waals surface area contributed by atoms with Gasteiger partial charge in [0.15, 0.2) is 51.9 Å². The number of esters is 1. The van der Waals surface area contributed by atoms with Crippen molar-refractivity contribution in [2.45, 2.75) is 151 Å². The molecule has 0 bridgehead atoms. The number of pyridine rings is 2. The fourth-order valence-corrected chi connectivity index (χ4v) is 16.1. The Labute approximate surface area is 742 Å². The molecule has 0 unspecified atom stereocenters. The maximum Gasteiger partial charge on any atom is 0.356 e. The number of cyclic esters (lactones) is 1. The number of nitrogens with two attached hydrogens (primary N) is 4. The summed E-state index contributed by atoms with van der Waals surface area (Å²) in [5.41, 5.74) is 23.0. The van der Waals surface area contributed by atoms with Crippen molar-refractivity contribution in [3.63, 3.8) is 0 Å². The number of amides is 1. The normalized spacial score (nSPS) is 21.0. The number of H-pyrrole nitrogens is 1. The number of aromatic amines is 1. The third-order valence-corrected chi connectivity index (χ3v) is 22.8. The number of nitrogen functional groups attached to an aromatic ring is 3. The van der Waals surface area contributed by atoms with E-state index in [1.807, 2.05) is 37.0 Å². The molecule has 690 valence electrons. The van der Waals surface area contributed by atoms with E-state index in [-0.39, 0.29) is 111 Å². The first-order valence-corrected chi connectivity index (χ1v) is 40.6. The molecule has 11 heterocycles. The smallest absolute Gasteiger partial charge is 0.356 e. The highest BCUT2D eigenvalue weighted by atomic mass is 35.5. The summed E-state index contributed by atoms with van der Waals surface area (Å²) in [6.45, 7) is 3.09. The number of aliphatic hydroxyl groups excluding tert-OH is 4. The SMILES string of the molecule is CC[C@@]1(O)C(=O)OCc2c1cc1n(c2=O)Cc2cc3c(CN(C)C)c(O)ccc3nc2-1.CN(Cc1cnc2nc(N)nc(N)c2n1)c1ccc(C(=O)N[C@@H](CCC(=O)O)C(=O)O)cc1.COc1cccc2c1C(=O)c1c(O)c3c(c(O)c1C2=O)C[C@@](O)(C(=O)CO)C[C@@H]3O[C@H]1C[C@H](N)[C@@H](O)[C@H](C)O1.Nc1nc(Cl)nc2c1ncn2[C@H]1C[C@H](O)[C@@H](CO)O1.O=c1ccn(F)c(=O)[nH]1. The molecule has 2 aliphatic carbocycles. The number of fused-ring (bicyclic) bond motifs is 10. The summed E-state index contributed by atoms with van der Waals surface area (Å²) in [5.74, 6) is -7.03. The molecule has 47 heteroatoms. The number of imidazole rings is 1.